The predicted molar refractivity (Wildman–Crippen MR) is 80.4 cm³/mol. The van der Waals surface area contributed by atoms with E-state index in [1.165, 1.54) is 23.3 Å². The van der Waals surface area contributed by atoms with Crippen molar-refractivity contribution in [3.8, 4) is 0 Å². The minimum absolute atomic E-state index is 0.0493. The Morgan fingerprint density at radius 1 is 1.14 bits per heavy atom. The summed E-state index contributed by atoms with van der Waals surface area (Å²) >= 11 is 6.01. The second-order valence-corrected chi connectivity index (χ2v) is 5.93. The van der Waals surface area contributed by atoms with Crippen LogP contribution >= 0.6 is 11.6 Å². The summed E-state index contributed by atoms with van der Waals surface area (Å²) in [5.41, 5.74) is 3.25. The van der Waals surface area contributed by atoms with Gasteiger partial charge in [0.05, 0.1) is 0 Å². The van der Waals surface area contributed by atoms with Gasteiger partial charge >= 0.3 is 0 Å². The molecule has 1 nitrogen and oxygen atoms in total. The van der Waals surface area contributed by atoms with E-state index in [1.807, 2.05) is 25.1 Å². The van der Waals surface area contributed by atoms with E-state index in [2.05, 4.69) is 5.32 Å². The van der Waals surface area contributed by atoms with Gasteiger partial charge in [-0.15, -0.1) is 0 Å². The summed E-state index contributed by atoms with van der Waals surface area (Å²) in [5.74, 6) is -1.62. The molecular weight excluding hydrogens is 292 g/mol. The summed E-state index contributed by atoms with van der Waals surface area (Å²) in [6, 6.07) is 10.2. The predicted octanol–water partition coefficient (Wildman–Crippen LogP) is 4.96. The lowest BCUT2D eigenvalue weighted by Crippen LogP contribution is -2.23. The lowest BCUT2D eigenvalue weighted by atomic mass is 10.0. The Morgan fingerprint density at radius 3 is 2.71 bits per heavy atom. The first kappa shape index (κ1) is 14.5. The molecule has 3 rings (SSSR count). The average molecular weight is 308 g/mol. The molecule has 0 spiro atoms. The third kappa shape index (κ3) is 2.94. The van der Waals surface area contributed by atoms with Crippen LogP contribution in [0.15, 0.2) is 36.4 Å². The van der Waals surface area contributed by atoms with Crippen LogP contribution in [0.2, 0.25) is 5.02 Å². The first-order chi connectivity index (χ1) is 10.0. The number of fused-ring (bicyclic) bond motifs is 1. The van der Waals surface area contributed by atoms with Crippen molar-refractivity contribution in [1.29, 1.82) is 0 Å². The summed E-state index contributed by atoms with van der Waals surface area (Å²) in [5, 5.41) is 4.24. The maximum Gasteiger partial charge on any atom is 0.159 e. The Balaban J connectivity index is 1.77. The van der Waals surface area contributed by atoms with E-state index in [1.54, 1.807) is 6.07 Å². The highest BCUT2D eigenvalue weighted by atomic mass is 35.5. The Hall–Kier alpha value is -1.45. The Labute approximate surface area is 127 Å². The number of rotatable bonds is 3. The summed E-state index contributed by atoms with van der Waals surface area (Å²) in [7, 11) is 0. The van der Waals surface area contributed by atoms with Gasteiger partial charge in [0, 0.05) is 17.1 Å². The maximum absolute atomic E-state index is 13.3. The van der Waals surface area contributed by atoms with Crippen LogP contribution in [0.4, 0.5) is 8.78 Å². The standard InChI is InChI=1S/C17H16ClF2N/c1-10(11-2-6-15(19)16(20)9-11)21-17-7-3-12-8-13(18)4-5-14(12)17/h2,4-6,8-10,17,21H,3,7H2,1H3. The molecule has 0 radical (unpaired) electrons. The molecule has 21 heavy (non-hydrogen) atoms. The van der Waals surface area contributed by atoms with Crippen molar-refractivity contribution in [3.05, 3.63) is 69.7 Å². The Kier molecular flexibility index (Phi) is 3.96. The van der Waals surface area contributed by atoms with Crippen molar-refractivity contribution in [3.63, 3.8) is 0 Å². The molecule has 1 aliphatic rings. The maximum atomic E-state index is 13.3. The fourth-order valence-corrected chi connectivity index (χ4v) is 3.13. The van der Waals surface area contributed by atoms with E-state index in [0.717, 1.165) is 23.4 Å². The summed E-state index contributed by atoms with van der Waals surface area (Å²) in [6.07, 6.45) is 1.97. The molecule has 1 aliphatic carbocycles. The van der Waals surface area contributed by atoms with Crippen molar-refractivity contribution >= 4 is 11.6 Å². The molecule has 0 aromatic heterocycles. The molecule has 110 valence electrons. The molecule has 0 bridgehead atoms. The van der Waals surface area contributed by atoms with E-state index < -0.39 is 11.6 Å². The number of benzene rings is 2. The van der Waals surface area contributed by atoms with E-state index >= 15 is 0 Å². The number of hydrogen-bond acceptors (Lipinski definition) is 1. The minimum atomic E-state index is -0.813. The lowest BCUT2D eigenvalue weighted by molar-refractivity contribution is 0.458. The molecule has 2 atom stereocenters. The third-order valence-corrected chi connectivity index (χ3v) is 4.31. The molecule has 2 unspecified atom stereocenters. The highest BCUT2D eigenvalue weighted by Crippen LogP contribution is 2.34. The van der Waals surface area contributed by atoms with Crippen molar-refractivity contribution in [2.24, 2.45) is 0 Å². The fraction of sp³-hybridized carbons (Fsp3) is 0.294. The molecule has 4 heteroatoms. The van der Waals surface area contributed by atoms with Crippen molar-refractivity contribution in [1.82, 2.24) is 5.32 Å². The van der Waals surface area contributed by atoms with E-state index in [-0.39, 0.29) is 12.1 Å². The Bertz CT molecular complexity index is 672. The lowest BCUT2D eigenvalue weighted by Gasteiger charge is -2.21. The van der Waals surface area contributed by atoms with E-state index in [0.29, 0.717) is 0 Å². The number of halogens is 3. The molecule has 2 aromatic carbocycles. The third-order valence-electron chi connectivity index (χ3n) is 4.08. The van der Waals surface area contributed by atoms with Gasteiger partial charge in [-0.25, -0.2) is 8.78 Å². The van der Waals surface area contributed by atoms with Crippen LogP contribution in [-0.2, 0) is 6.42 Å². The average Bonchev–Trinajstić information content (AvgIpc) is 2.84. The van der Waals surface area contributed by atoms with Gasteiger partial charge in [0.15, 0.2) is 11.6 Å². The van der Waals surface area contributed by atoms with Gasteiger partial charge in [-0.1, -0.05) is 23.7 Å². The molecule has 0 amide bonds. The van der Waals surface area contributed by atoms with Crippen LogP contribution in [-0.4, -0.2) is 0 Å². The van der Waals surface area contributed by atoms with E-state index in [9.17, 15) is 8.78 Å². The summed E-state index contributed by atoms with van der Waals surface area (Å²) in [4.78, 5) is 0. The molecular formula is C17H16ClF2N. The minimum Gasteiger partial charge on any atom is -0.303 e. The molecule has 0 aliphatic heterocycles. The van der Waals surface area contributed by atoms with Gasteiger partial charge in [0.1, 0.15) is 0 Å². The molecule has 2 aromatic rings. The first-order valence-electron chi connectivity index (χ1n) is 7.04. The number of aryl methyl sites for hydroxylation is 1. The summed E-state index contributed by atoms with van der Waals surface area (Å²) in [6.45, 7) is 1.96. The van der Waals surface area contributed by atoms with Gasteiger partial charge in [0.2, 0.25) is 0 Å². The highest BCUT2D eigenvalue weighted by molar-refractivity contribution is 6.30. The van der Waals surface area contributed by atoms with Crippen LogP contribution < -0.4 is 5.32 Å². The van der Waals surface area contributed by atoms with Gasteiger partial charge in [-0.05, 0) is 60.7 Å². The van der Waals surface area contributed by atoms with Crippen LogP contribution in [0.5, 0.6) is 0 Å². The highest BCUT2D eigenvalue weighted by Gasteiger charge is 2.24. The molecule has 0 fully saturated rings. The molecule has 0 saturated carbocycles. The zero-order chi connectivity index (χ0) is 15.0. The zero-order valence-corrected chi connectivity index (χ0v) is 12.4. The van der Waals surface area contributed by atoms with Gasteiger partial charge in [0.25, 0.3) is 0 Å². The molecule has 0 heterocycles. The smallest absolute Gasteiger partial charge is 0.159 e. The normalized spacial score (nSPS) is 18.6. The molecule has 1 N–H and O–H groups in total. The van der Waals surface area contributed by atoms with Gasteiger partial charge in [-0.2, -0.15) is 0 Å². The van der Waals surface area contributed by atoms with Crippen molar-refractivity contribution in [2.45, 2.75) is 31.8 Å². The van der Waals surface area contributed by atoms with Crippen molar-refractivity contribution < 1.29 is 8.78 Å². The SMILES string of the molecule is CC(NC1CCc2cc(Cl)ccc21)c1ccc(F)c(F)c1. The second-order valence-electron chi connectivity index (χ2n) is 5.50. The molecule has 0 saturated heterocycles. The van der Waals surface area contributed by atoms with Gasteiger partial charge in [-0.3, -0.25) is 0 Å². The van der Waals surface area contributed by atoms with Crippen LogP contribution in [0.1, 0.15) is 42.1 Å². The first-order valence-corrected chi connectivity index (χ1v) is 7.41. The van der Waals surface area contributed by atoms with Gasteiger partial charge < -0.3 is 5.32 Å². The van der Waals surface area contributed by atoms with Crippen molar-refractivity contribution in [2.75, 3.05) is 0 Å². The quantitative estimate of drug-likeness (QED) is 0.845. The topological polar surface area (TPSA) is 12.0 Å². The number of nitrogens with one attached hydrogen (secondary N) is 1. The van der Waals surface area contributed by atoms with E-state index in [4.69, 9.17) is 11.6 Å². The number of hydrogen-bond donors (Lipinski definition) is 1. The summed E-state index contributed by atoms with van der Waals surface area (Å²) < 4.78 is 26.3. The zero-order valence-electron chi connectivity index (χ0n) is 11.7. The fourth-order valence-electron chi connectivity index (χ4n) is 2.94. The van der Waals surface area contributed by atoms with Crippen LogP contribution in [0.3, 0.4) is 0 Å². The second kappa shape index (κ2) is 5.74. The largest absolute Gasteiger partial charge is 0.303 e. The van der Waals surface area contributed by atoms with Crippen LogP contribution in [0.25, 0.3) is 0 Å². The monoisotopic (exact) mass is 307 g/mol. The van der Waals surface area contributed by atoms with Crippen LogP contribution in [0, 0.1) is 11.6 Å². The Morgan fingerprint density at radius 2 is 1.95 bits per heavy atom.